The Morgan fingerprint density at radius 1 is 1.03 bits per heavy atom. The zero-order valence-corrected chi connectivity index (χ0v) is 19.0. The summed E-state index contributed by atoms with van der Waals surface area (Å²) in [6.07, 6.45) is 0. The van der Waals surface area contributed by atoms with Crippen molar-refractivity contribution in [1.82, 2.24) is 4.98 Å². The quantitative estimate of drug-likeness (QED) is 0.276. The third kappa shape index (κ3) is 4.30. The molecule has 3 aromatic carbocycles. The molecule has 4 rings (SSSR count). The first-order chi connectivity index (χ1) is 16.3. The number of nitrogens with one attached hydrogen (secondary N) is 1. The summed E-state index contributed by atoms with van der Waals surface area (Å²) in [6.45, 7) is 0. The summed E-state index contributed by atoms with van der Waals surface area (Å²) < 4.78 is 22.0. The van der Waals surface area contributed by atoms with E-state index in [4.69, 9.17) is 30.2 Å². The van der Waals surface area contributed by atoms with Crippen LogP contribution in [0.25, 0.3) is 22.6 Å². The van der Waals surface area contributed by atoms with Crippen LogP contribution in [0.5, 0.6) is 17.2 Å². The highest BCUT2D eigenvalue weighted by Crippen LogP contribution is 2.41. The van der Waals surface area contributed by atoms with Gasteiger partial charge < -0.3 is 23.9 Å². The molecule has 1 heterocycles. The van der Waals surface area contributed by atoms with E-state index in [0.29, 0.717) is 45.5 Å². The van der Waals surface area contributed by atoms with Crippen molar-refractivity contribution in [3.05, 3.63) is 69.2 Å². The van der Waals surface area contributed by atoms with Crippen LogP contribution in [-0.2, 0) is 0 Å². The number of amides is 1. The van der Waals surface area contributed by atoms with Gasteiger partial charge in [0.2, 0.25) is 11.6 Å². The number of nitro benzene ring substituents is 1. The molecule has 0 atom stereocenters. The number of fused-ring (bicyclic) bond motifs is 1. The minimum absolute atomic E-state index is 0.0510. The number of aromatic nitrogens is 1. The number of oxazole rings is 1. The first-order valence-corrected chi connectivity index (χ1v) is 10.2. The van der Waals surface area contributed by atoms with E-state index < -0.39 is 10.8 Å². The lowest BCUT2D eigenvalue weighted by atomic mass is 10.1. The Hall–Kier alpha value is -4.31. The van der Waals surface area contributed by atoms with Gasteiger partial charge in [0.25, 0.3) is 11.6 Å². The molecule has 1 N–H and O–H groups in total. The number of benzene rings is 3. The van der Waals surface area contributed by atoms with Crippen LogP contribution in [0.4, 0.5) is 11.4 Å². The van der Waals surface area contributed by atoms with Crippen molar-refractivity contribution < 1.29 is 28.3 Å². The predicted molar refractivity (Wildman–Crippen MR) is 125 cm³/mol. The van der Waals surface area contributed by atoms with Gasteiger partial charge in [-0.2, -0.15) is 0 Å². The van der Waals surface area contributed by atoms with Gasteiger partial charge in [0, 0.05) is 22.9 Å². The Kier molecular flexibility index (Phi) is 6.24. The Morgan fingerprint density at radius 2 is 1.74 bits per heavy atom. The zero-order valence-electron chi connectivity index (χ0n) is 18.2. The van der Waals surface area contributed by atoms with Crippen LogP contribution in [-0.4, -0.2) is 37.1 Å². The van der Waals surface area contributed by atoms with Gasteiger partial charge in [-0.1, -0.05) is 11.6 Å². The van der Waals surface area contributed by atoms with E-state index >= 15 is 0 Å². The average Bonchev–Trinajstić information content (AvgIpc) is 3.26. The summed E-state index contributed by atoms with van der Waals surface area (Å²) >= 11 is 5.81. The van der Waals surface area contributed by atoms with E-state index in [1.165, 1.54) is 33.5 Å². The maximum absolute atomic E-state index is 12.6. The Bertz CT molecular complexity index is 1390. The Labute approximate surface area is 198 Å². The van der Waals surface area contributed by atoms with Gasteiger partial charge >= 0.3 is 0 Å². The van der Waals surface area contributed by atoms with Gasteiger partial charge in [-0.05, 0) is 42.5 Å². The maximum Gasteiger partial charge on any atom is 0.288 e. The van der Waals surface area contributed by atoms with Gasteiger partial charge in [-0.25, -0.2) is 4.98 Å². The highest BCUT2D eigenvalue weighted by atomic mass is 35.5. The molecule has 10 nitrogen and oxygen atoms in total. The molecule has 174 valence electrons. The topological polar surface area (TPSA) is 126 Å². The highest BCUT2D eigenvalue weighted by Gasteiger charge is 2.19. The minimum atomic E-state index is -0.648. The van der Waals surface area contributed by atoms with Crippen molar-refractivity contribution in [2.45, 2.75) is 0 Å². The molecule has 0 aliphatic carbocycles. The number of hydrogen-bond acceptors (Lipinski definition) is 8. The van der Waals surface area contributed by atoms with Crippen LogP contribution >= 0.6 is 11.6 Å². The molecule has 0 fully saturated rings. The SMILES string of the molecule is COc1cc(-c2nc3cc(NC(=O)c4ccc(Cl)c([N+](=O)[O-])c4)ccc3o2)cc(OC)c1OC. The summed E-state index contributed by atoms with van der Waals surface area (Å²) in [5.74, 6) is 1.11. The highest BCUT2D eigenvalue weighted by molar-refractivity contribution is 6.32. The number of carbonyl (C=O) groups excluding carboxylic acids is 1. The van der Waals surface area contributed by atoms with E-state index in [0.717, 1.165) is 6.07 Å². The van der Waals surface area contributed by atoms with Crippen LogP contribution in [0.15, 0.2) is 52.9 Å². The van der Waals surface area contributed by atoms with Crippen LogP contribution in [0.1, 0.15) is 10.4 Å². The predicted octanol–water partition coefficient (Wildman–Crippen LogP) is 5.33. The first-order valence-electron chi connectivity index (χ1n) is 9.81. The molecule has 0 radical (unpaired) electrons. The van der Waals surface area contributed by atoms with E-state index in [2.05, 4.69) is 10.3 Å². The lowest BCUT2D eigenvalue weighted by Crippen LogP contribution is -2.12. The van der Waals surface area contributed by atoms with Crippen molar-refractivity contribution in [3.8, 4) is 28.7 Å². The number of carbonyl (C=O) groups is 1. The van der Waals surface area contributed by atoms with Gasteiger partial charge in [0.15, 0.2) is 17.1 Å². The molecule has 0 saturated carbocycles. The standard InChI is InChI=1S/C23H18ClN3O7/c1-31-19-9-13(10-20(32-2)21(19)33-3)23-26-16-11-14(5-7-18(16)34-23)25-22(28)12-4-6-15(24)17(8-12)27(29)30/h4-11H,1-3H3,(H,25,28). The summed E-state index contributed by atoms with van der Waals surface area (Å²) in [5.41, 5.74) is 1.75. The molecule has 0 spiro atoms. The number of anilines is 1. The van der Waals surface area contributed by atoms with E-state index in [1.54, 1.807) is 30.3 Å². The second kappa shape index (κ2) is 9.28. The van der Waals surface area contributed by atoms with Gasteiger partial charge in [0.05, 0.1) is 26.3 Å². The van der Waals surface area contributed by atoms with Crippen molar-refractivity contribution in [1.29, 1.82) is 0 Å². The number of ether oxygens (including phenoxy) is 3. The fourth-order valence-corrected chi connectivity index (χ4v) is 3.52. The molecule has 0 unspecified atom stereocenters. The maximum atomic E-state index is 12.6. The molecule has 0 aliphatic heterocycles. The molecule has 0 saturated heterocycles. The molecule has 0 bridgehead atoms. The fourth-order valence-electron chi connectivity index (χ4n) is 3.33. The molecular formula is C23H18ClN3O7. The molecule has 0 aliphatic rings. The average molecular weight is 484 g/mol. The molecule has 4 aromatic rings. The van der Waals surface area contributed by atoms with Crippen molar-refractivity contribution >= 4 is 40.0 Å². The van der Waals surface area contributed by atoms with Crippen molar-refractivity contribution in [2.75, 3.05) is 26.6 Å². The van der Waals surface area contributed by atoms with Gasteiger partial charge in [-0.3, -0.25) is 14.9 Å². The van der Waals surface area contributed by atoms with Crippen LogP contribution in [0.3, 0.4) is 0 Å². The smallest absolute Gasteiger partial charge is 0.288 e. The summed E-state index contributed by atoms with van der Waals surface area (Å²) in [7, 11) is 4.53. The lowest BCUT2D eigenvalue weighted by molar-refractivity contribution is -0.384. The van der Waals surface area contributed by atoms with Crippen molar-refractivity contribution in [2.24, 2.45) is 0 Å². The number of hydrogen-bond donors (Lipinski definition) is 1. The van der Waals surface area contributed by atoms with Crippen LogP contribution in [0.2, 0.25) is 5.02 Å². The Balaban J connectivity index is 1.64. The Morgan fingerprint density at radius 3 is 2.35 bits per heavy atom. The van der Waals surface area contributed by atoms with E-state index in [1.807, 2.05) is 0 Å². The number of methoxy groups -OCH3 is 3. The third-order valence-electron chi connectivity index (χ3n) is 4.96. The van der Waals surface area contributed by atoms with Crippen LogP contribution in [0, 0.1) is 10.1 Å². The number of nitro groups is 1. The summed E-state index contributed by atoms with van der Waals surface area (Å²) in [6, 6.07) is 12.2. The normalized spacial score (nSPS) is 10.7. The van der Waals surface area contributed by atoms with Crippen molar-refractivity contribution in [3.63, 3.8) is 0 Å². The number of halogens is 1. The molecular weight excluding hydrogens is 466 g/mol. The largest absolute Gasteiger partial charge is 0.493 e. The van der Waals surface area contributed by atoms with E-state index in [-0.39, 0.29) is 16.3 Å². The molecule has 1 amide bonds. The third-order valence-corrected chi connectivity index (χ3v) is 5.28. The number of rotatable bonds is 7. The summed E-state index contributed by atoms with van der Waals surface area (Å²) in [4.78, 5) is 27.5. The molecule has 11 heteroatoms. The summed E-state index contributed by atoms with van der Waals surface area (Å²) in [5, 5.41) is 13.7. The van der Waals surface area contributed by atoms with Gasteiger partial charge in [-0.15, -0.1) is 0 Å². The van der Waals surface area contributed by atoms with Gasteiger partial charge in [0.1, 0.15) is 10.5 Å². The second-order valence-electron chi connectivity index (χ2n) is 6.99. The number of nitrogens with zero attached hydrogens (tertiary/aromatic N) is 2. The zero-order chi connectivity index (χ0) is 24.4. The molecule has 1 aromatic heterocycles. The van der Waals surface area contributed by atoms with Crippen LogP contribution < -0.4 is 19.5 Å². The molecule has 34 heavy (non-hydrogen) atoms. The lowest BCUT2D eigenvalue weighted by Gasteiger charge is -2.12. The second-order valence-corrected chi connectivity index (χ2v) is 7.40. The first kappa shape index (κ1) is 22.9. The van der Waals surface area contributed by atoms with E-state index in [9.17, 15) is 14.9 Å². The fraction of sp³-hybridized carbons (Fsp3) is 0.130. The minimum Gasteiger partial charge on any atom is -0.493 e. The monoisotopic (exact) mass is 483 g/mol.